The molecule has 0 amide bonds. The Labute approximate surface area is 154 Å². The Morgan fingerprint density at radius 2 is 1.81 bits per heavy atom. The molecule has 2 heterocycles. The van der Waals surface area contributed by atoms with Gasteiger partial charge in [-0.15, -0.1) is 0 Å². The van der Waals surface area contributed by atoms with Gasteiger partial charge in [-0.1, -0.05) is 13.8 Å². The van der Waals surface area contributed by atoms with E-state index in [2.05, 4.69) is 23.8 Å². The minimum atomic E-state index is -2.87. The third kappa shape index (κ3) is 4.37. The first-order chi connectivity index (χ1) is 12.6. The zero-order chi connectivity index (χ0) is 19.8. The van der Waals surface area contributed by atoms with E-state index in [1.165, 1.54) is 24.4 Å². The lowest BCUT2D eigenvalue weighted by atomic mass is 9.60. The number of hydrogen-bond donors (Lipinski definition) is 1. The molecule has 0 spiro atoms. The normalized spacial score (nSPS) is 17.8. The predicted octanol–water partition coefficient (Wildman–Crippen LogP) is 4.92. The van der Waals surface area contributed by atoms with Gasteiger partial charge in [0.2, 0.25) is 0 Å². The minimum absolute atomic E-state index is 0.0496. The smallest absolute Gasteiger partial charge is 0.284 e. The molecule has 27 heavy (non-hydrogen) atoms. The van der Waals surface area contributed by atoms with E-state index in [0.29, 0.717) is 0 Å². The van der Waals surface area contributed by atoms with Crippen molar-refractivity contribution in [2.24, 2.45) is 11.1 Å². The molecule has 0 aliphatic heterocycles. The summed E-state index contributed by atoms with van der Waals surface area (Å²) in [6.45, 7) is 4.28. The highest BCUT2D eigenvalue weighted by Crippen LogP contribution is 2.46. The van der Waals surface area contributed by atoms with Crippen LogP contribution in [0.4, 0.5) is 17.6 Å². The lowest BCUT2D eigenvalue weighted by molar-refractivity contribution is 0.0235. The van der Waals surface area contributed by atoms with Crippen molar-refractivity contribution in [3.63, 3.8) is 0 Å². The molecule has 3 rings (SSSR count). The zero-order valence-corrected chi connectivity index (χ0v) is 15.1. The maximum absolute atomic E-state index is 13.5. The highest BCUT2D eigenvalue weighted by molar-refractivity contribution is 5.60. The molecular weight excluding hydrogens is 362 g/mol. The lowest BCUT2D eigenvalue weighted by Gasteiger charge is -2.50. The maximum Gasteiger partial charge on any atom is 0.284 e. The van der Waals surface area contributed by atoms with Gasteiger partial charge in [0.25, 0.3) is 12.9 Å². The predicted molar refractivity (Wildman–Crippen MR) is 92.8 cm³/mol. The number of nitrogens with zero attached hydrogens (tertiary/aromatic N) is 2. The van der Waals surface area contributed by atoms with Crippen LogP contribution in [0, 0.1) is 5.41 Å². The zero-order valence-electron chi connectivity index (χ0n) is 15.1. The van der Waals surface area contributed by atoms with Crippen LogP contribution in [0.1, 0.15) is 50.9 Å². The lowest BCUT2D eigenvalue weighted by Crippen LogP contribution is -2.59. The summed E-state index contributed by atoms with van der Waals surface area (Å²) in [5, 5.41) is 0. The fourth-order valence-electron chi connectivity index (χ4n) is 3.81. The van der Waals surface area contributed by atoms with E-state index in [9.17, 15) is 17.6 Å². The van der Waals surface area contributed by atoms with Crippen molar-refractivity contribution in [2.45, 2.75) is 45.1 Å². The number of ether oxygens (including phenoxy) is 1. The summed E-state index contributed by atoms with van der Waals surface area (Å²) in [4.78, 5) is 7.49. The van der Waals surface area contributed by atoms with Gasteiger partial charge in [0.15, 0.2) is 0 Å². The number of aromatic nitrogens is 2. The van der Waals surface area contributed by atoms with E-state index in [0.717, 1.165) is 18.9 Å². The number of rotatable bonds is 6. The Morgan fingerprint density at radius 1 is 1.11 bits per heavy atom. The molecule has 0 unspecified atom stereocenters. The molecule has 2 aromatic rings. The molecule has 1 saturated carbocycles. The van der Waals surface area contributed by atoms with Crippen LogP contribution in [-0.2, 0) is 0 Å². The average Bonchev–Trinajstić information content (AvgIpc) is 2.58. The van der Waals surface area contributed by atoms with Crippen LogP contribution < -0.4 is 10.5 Å². The first-order valence-corrected chi connectivity index (χ1v) is 8.54. The highest BCUT2D eigenvalue weighted by Gasteiger charge is 2.47. The van der Waals surface area contributed by atoms with Gasteiger partial charge >= 0.3 is 0 Å². The summed E-state index contributed by atoms with van der Waals surface area (Å²) in [5.74, 6) is -0.0496. The Morgan fingerprint density at radius 3 is 2.41 bits per heavy atom. The molecule has 1 aliphatic carbocycles. The summed E-state index contributed by atoms with van der Waals surface area (Å²) >= 11 is 0. The Bertz CT molecular complexity index is 818. The highest BCUT2D eigenvalue weighted by atomic mass is 19.3. The molecule has 4 nitrogen and oxygen atoms in total. The van der Waals surface area contributed by atoms with E-state index in [1.54, 1.807) is 0 Å². The third-order valence-corrected chi connectivity index (χ3v) is 4.57. The topological polar surface area (TPSA) is 61.0 Å². The van der Waals surface area contributed by atoms with Crippen LogP contribution in [0.3, 0.4) is 0 Å². The Kier molecular flexibility index (Phi) is 5.12. The van der Waals surface area contributed by atoms with E-state index in [-0.39, 0.29) is 29.0 Å². The van der Waals surface area contributed by atoms with Gasteiger partial charge in [0.1, 0.15) is 23.7 Å². The molecule has 1 aliphatic rings. The summed E-state index contributed by atoms with van der Waals surface area (Å²) in [7, 11) is 0. The quantitative estimate of drug-likeness (QED) is 0.720. The molecule has 0 atom stereocenters. The van der Waals surface area contributed by atoms with Crippen LogP contribution in [0.5, 0.6) is 5.75 Å². The molecule has 0 radical (unpaired) electrons. The number of pyridine rings is 2. The van der Waals surface area contributed by atoms with E-state index < -0.39 is 29.8 Å². The summed E-state index contributed by atoms with van der Waals surface area (Å²) in [5.41, 5.74) is 5.24. The van der Waals surface area contributed by atoms with Gasteiger partial charge in [-0.3, -0.25) is 4.98 Å². The number of hydrogen-bond acceptors (Lipinski definition) is 4. The second kappa shape index (κ2) is 7.07. The minimum Gasteiger partial charge on any atom is -0.490 e. The third-order valence-electron chi connectivity index (χ3n) is 4.57. The second-order valence-corrected chi connectivity index (χ2v) is 7.82. The van der Waals surface area contributed by atoms with Crippen molar-refractivity contribution in [3.8, 4) is 17.0 Å². The Balaban J connectivity index is 1.82. The fourth-order valence-corrected chi connectivity index (χ4v) is 3.81. The first kappa shape index (κ1) is 19.5. The molecule has 0 bridgehead atoms. The van der Waals surface area contributed by atoms with Gasteiger partial charge in [0.05, 0.1) is 11.2 Å². The fraction of sp³-hybridized carbons (Fsp3) is 0.474. The van der Waals surface area contributed by atoms with Crippen LogP contribution in [0.15, 0.2) is 30.5 Å². The van der Waals surface area contributed by atoms with Crippen LogP contribution in [-0.4, -0.2) is 22.1 Å². The molecule has 8 heteroatoms. The summed E-state index contributed by atoms with van der Waals surface area (Å²) in [6, 6.07) is 5.41. The van der Waals surface area contributed by atoms with Gasteiger partial charge in [0, 0.05) is 11.8 Å². The molecule has 0 aromatic carbocycles. The largest absolute Gasteiger partial charge is 0.490 e. The van der Waals surface area contributed by atoms with E-state index >= 15 is 0 Å². The number of nitrogens with two attached hydrogens (primary N) is 1. The number of alkyl halides is 4. The van der Waals surface area contributed by atoms with Gasteiger partial charge in [-0.25, -0.2) is 22.5 Å². The molecular formula is C19H21F4N3O. The van der Waals surface area contributed by atoms with Gasteiger partial charge in [-0.05, 0) is 42.5 Å². The first-order valence-electron chi connectivity index (χ1n) is 8.54. The van der Waals surface area contributed by atoms with E-state index in [1.807, 2.05) is 0 Å². The van der Waals surface area contributed by atoms with Crippen LogP contribution in [0.25, 0.3) is 11.3 Å². The van der Waals surface area contributed by atoms with Crippen LogP contribution in [0.2, 0.25) is 0 Å². The SMILES string of the molecule is CC1(C)CC(N)(COc2ccc(-c3ccnc(C(F)F)c3)nc2C(F)F)C1. The average molecular weight is 383 g/mol. The molecule has 146 valence electrons. The maximum atomic E-state index is 13.5. The standard InChI is InChI=1S/C19H21F4N3O/c1-18(2)8-19(24,9-18)10-27-14-4-3-12(26-15(14)17(22)23)11-5-6-25-13(7-11)16(20)21/h3-7,16-17H,8-10,24H2,1-2H3. The summed E-state index contributed by atoms with van der Waals surface area (Å²) in [6.07, 6.45) is -2.95. The molecule has 2 aromatic heterocycles. The van der Waals surface area contributed by atoms with Crippen molar-refractivity contribution >= 4 is 0 Å². The van der Waals surface area contributed by atoms with Crippen molar-refractivity contribution in [3.05, 3.63) is 41.9 Å². The van der Waals surface area contributed by atoms with Gasteiger partial charge in [-0.2, -0.15) is 0 Å². The molecule has 0 saturated heterocycles. The second-order valence-electron chi connectivity index (χ2n) is 7.82. The van der Waals surface area contributed by atoms with Gasteiger partial charge < -0.3 is 10.5 Å². The van der Waals surface area contributed by atoms with Crippen molar-refractivity contribution in [2.75, 3.05) is 6.61 Å². The van der Waals surface area contributed by atoms with E-state index in [4.69, 9.17) is 10.5 Å². The number of halogens is 4. The van der Waals surface area contributed by atoms with Crippen LogP contribution >= 0.6 is 0 Å². The molecule has 1 fully saturated rings. The van der Waals surface area contributed by atoms with Crippen molar-refractivity contribution < 1.29 is 22.3 Å². The summed E-state index contributed by atoms with van der Waals surface area (Å²) < 4.78 is 58.1. The van der Waals surface area contributed by atoms with Crippen molar-refractivity contribution in [1.82, 2.24) is 9.97 Å². The monoisotopic (exact) mass is 383 g/mol. The Hall–Kier alpha value is -2.22. The molecule has 2 N–H and O–H groups in total. The van der Waals surface area contributed by atoms with Crippen molar-refractivity contribution in [1.29, 1.82) is 0 Å².